The normalized spacial score (nSPS) is 12.7. The molecule has 0 spiro atoms. The van der Waals surface area contributed by atoms with E-state index in [0.29, 0.717) is 0 Å². The van der Waals surface area contributed by atoms with Crippen LogP contribution in [-0.4, -0.2) is 18.7 Å². The summed E-state index contributed by atoms with van der Waals surface area (Å²) < 4.78 is 9.60. The number of rotatable bonds is 2. The lowest BCUT2D eigenvalue weighted by atomic mass is 9.99. The zero-order valence-corrected chi connectivity index (χ0v) is 26.7. The molecule has 6 heterocycles. The number of pyridine rings is 2. The van der Waals surface area contributed by atoms with Crippen LogP contribution in [-0.2, 0) is 0 Å². The first-order valence-corrected chi connectivity index (χ1v) is 17.0. The van der Waals surface area contributed by atoms with Crippen molar-refractivity contribution in [1.29, 1.82) is 0 Å². The van der Waals surface area contributed by atoms with Gasteiger partial charge in [0.1, 0.15) is 16.9 Å². The molecule has 0 saturated carbocycles. The van der Waals surface area contributed by atoms with Crippen LogP contribution in [0.5, 0.6) is 0 Å². The topological polar surface area (TPSA) is 31.6 Å². The third-order valence-electron chi connectivity index (χ3n) is 10.7. The number of nitrogens with zero attached hydrogens (tertiary/aromatic N) is 5. The zero-order valence-electron chi connectivity index (χ0n) is 26.7. The average Bonchev–Trinajstić information content (AvgIpc) is 3.92. The number of allylic oxidation sites excluding steroid dienone is 1. The summed E-state index contributed by atoms with van der Waals surface area (Å²) in [6.45, 7) is 0. The van der Waals surface area contributed by atoms with Gasteiger partial charge < -0.3 is 9.13 Å². The van der Waals surface area contributed by atoms with Gasteiger partial charge in [-0.05, 0) is 84.9 Å². The van der Waals surface area contributed by atoms with E-state index in [1.807, 2.05) is 18.5 Å². The number of para-hydroxylation sites is 3. The molecule has 5 heteroatoms. The molecule has 0 saturated heterocycles. The number of aromatic nitrogens is 5. The molecule has 50 heavy (non-hydrogen) atoms. The lowest BCUT2D eigenvalue weighted by Crippen LogP contribution is -2.32. The Morgan fingerprint density at radius 1 is 0.540 bits per heavy atom. The van der Waals surface area contributed by atoms with Crippen LogP contribution in [0, 0.1) is 0 Å². The van der Waals surface area contributed by atoms with Crippen LogP contribution < -0.4 is 15.1 Å². The summed E-state index contributed by atoms with van der Waals surface area (Å²) in [5.74, 6) is 0. The van der Waals surface area contributed by atoms with Crippen LogP contribution in [0.2, 0.25) is 0 Å². The molecule has 0 N–H and O–H groups in total. The van der Waals surface area contributed by atoms with Gasteiger partial charge in [0, 0.05) is 67.7 Å². The van der Waals surface area contributed by atoms with Gasteiger partial charge in [0.15, 0.2) is 0 Å². The first-order valence-electron chi connectivity index (χ1n) is 17.0. The molecule has 1 aliphatic heterocycles. The molecule has 0 fully saturated rings. The van der Waals surface area contributed by atoms with E-state index in [2.05, 4.69) is 169 Å². The molecule has 1 aliphatic carbocycles. The standard InChI is InChI=1S/C45H26N5/c1-2-10-28(11-3-1)48-42-21-22-46-27-37(42)36-25-35-32-13-5-7-17-40(32)50-41-20-19-29(49-38-16-6-4-12-30(38)31-14-8-18-39(31)49)24-34(41)33-15-9-23-47(45(33)50)43(35)26-44(36)48/h1-13,15-27H/q+1. The van der Waals surface area contributed by atoms with Crippen molar-refractivity contribution in [1.82, 2.24) is 18.7 Å². The molecule has 5 aromatic carbocycles. The minimum Gasteiger partial charge on any atom is -0.309 e. The fraction of sp³-hybridized carbons (Fsp3) is 0. The molecule has 230 valence electrons. The van der Waals surface area contributed by atoms with Gasteiger partial charge in [0.2, 0.25) is 0 Å². The Balaban J connectivity index is 1.21. The Labute approximate surface area is 285 Å². The van der Waals surface area contributed by atoms with Crippen LogP contribution in [0.15, 0.2) is 152 Å². The number of hydrogen-bond acceptors (Lipinski definition) is 1. The number of fused-ring (bicyclic) bond motifs is 14. The van der Waals surface area contributed by atoms with Crippen molar-refractivity contribution in [2.24, 2.45) is 0 Å². The van der Waals surface area contributed by atoms with Gasteiger partial charge >= 0.3 is 0 Å². The Bertz CT molecular complexity index is 3300. The van der Waals surface area contributed by atoms with Crippen LogP contribution in [0.25, 0.3) is 100 Å². The van der Waals surface area contributed by atoms with E-state index < -0.39 is 0 Å². The van der Waals surface area contributed by atoms with E-state index in [-0.39, 0.29) is 0 Å². The molecule has 0 radical (unpaired) electrons. The van der Waals surface area contributed by atoms with Gasteiger partial charge in [0.05, 0.1) is 33.5 Å². The van der Waals surface area contributed by atoms with Crippen LogP contribution >= 0.6 is 0 Å². The third kappa shape index (κ3) is 3.22. The molecular formula is C45H26N5+. The Hall–Kier alpha value is -6.94. The minimum absolute atomic E-state index is 1.13. The fourth-order valence-electron chi connectivity index (χ4n) is 8.68. The van der Waals surface area contributed by atoms with E-state index in [4.69, 9.17) is 0 Å². The van der Waals surface area contributed by atoms with Crippen molar-refractivity contribution in [3.05, 3.63) is 163 Å². The molecule has 5 aromatic heterocycles. The van der Waals surface area contributed by atoms with Gasteiger partial charge in [-0.3, -0.25) is 4.98 Å². The van der Waals surface area contributed by atoms with E-state index in [1.165, 1.54) is 54.7 Å². The quantitative estimate of drug-likeness (QED) is 0.176. The Morgan fingerprint density at radius 3 is 2.30 bits per heavy atom. The SMILES string of the molecule is C1=CC=c2c=1c1ccccc1n2-c1ccc2c(c1)c1ccc[n+]3c1n2-c1ccccc1-c1cc2c4cnccc4n(-c4ccccc4)c2cc1-3. The summed E-state index contributed by atoms with van der Waals surface area (Å²) in [6, 6.07) is 46.4. The summed E-state index contributed by atoms with van der Waals surface area (Å²) in [5, 5.41) is 8.33. The van der Waals surface area contributed by atoms with Crippen molar-refractivity contribution < 1.29 is 4.57 Å². The van der Waals surface area contributed by atoms with Crippen molar-refractivity contribution in [2.75, 3.05) is 0 Å². The molecule has 0 atom stereocenters. The minimum atomic E-state index is 1.13. The second kappa shape index (κ2) is 9.36. The van der Waals surface area contributed by atoms with Crippen LogP contribution in [0.3, 0.4) is 0 Å². The van der Waals surface area contributed by atoms with Gasteiger partial charge in [-0.1, -0.05) is 48.5 Å². The first-order chi connectivity index (χ1) is 24.8. The molecule has 0 amide bonds. The monoisotopic (exact) mass is 636 g/mol. The van der Waals surface area contributed by atoms with Gasteiger partial charge in [-0.25, -0.2) is 0 Å². The van der Waals surface area contributed by atoms with Crippen molar-refractivity contribution in [3.8, 4) is 33.9 Å². The summed E-state index contributed by atoms with van der Waals surface area (Å²) in [6.07, 6.45) is 10.3. The smallest absolute Gasteiger partial charge is 0.300 e. The van der Waals surface area contributed by atoms with Crippen molar-refractivity contribution >= 4 is 66.5 Å². The fourth-order valence-corrected chi connectivity index (χ4v) is 8.68. The van der Waals surface area contributed by atoms with Crippen molar-refractivity contribution in [3.63, 3.8) is 0 Å². The van der Waals surface area contributed by atoms with E-state index >= 15 is 0 Å². The molecule has 0 bridgehead atoms. The van der Waals surface area contributed by atoms with Crippen LogP contribution in [0.4, 0.5) is 0 Å². The summed E-state index contributed by atoms with van der Waals surface area (Å²) in [4.78, 5) is 4.56. The van der Waals surface area contributed by atoms with Gasteiger partial charge in [0.25, 0.3) is 5.65 Å². The van der Waals surface area contributed by atoms with E-state index in [9.17, 15) is 0 Å². The summed E-state index contributed by atoms with van der Waals surface area (Å²) >= 11 is 0. The lowest BCUT2D eigenvalue weighted by Gasteiger charge is -2.11. The summed E-state index contributed by atoms with van der Waals surface area (Å²) in [5.41, 5.74) is 16.3. The Kier molecular flexibility index (Phi) is 4.88. The predicted octanol–water partition coefficient (Wildman–Crippen LogP) is 8.21. The van der Waals surface area contributed by atoms with E-state index in [0.717, 1.165) is 44.3 Å². The second-order valence-electron chi connectivity index (χ2n) is 13.2. The molecule has 12 rings (SSSR count). The molecule has 0 unspecified atom stereocenters. The molecule has 10 aromatic rings. The largest absolute Gasteiger partial charge is 0.309 e. The molecule has 5 nitrogen and oxygen atoms in total. The van der Waals surface area contributed by atoms with Gasteiger partial charge in [-0.15, -0.1) is 5.73 Å². The zero-order chi connectivity index (χ0) is 32.5. The highest BCUT2D eigenvalue weighted by atomic mass is 15.1. The highest BCUT2D eigenvalue weighted by molar-refractivity contribution is 6.13. The third-order valence-corrected chi connectivity index (χ3v) is 10.7. The van der Waals surface area contributed by atoms with Crippen LogP contribution in [0.1, 0.15) is 0 Å². The predicted molar refractivity (Wildman–Crippen MR) is 202 cm³/mol. The second-order valence-corrected chi connectivity index (χ2v) is 13.2. The highest BCUT2D eigenvalue weighted by Crippen LogP contribution is 2.43. The van der Waals surface area contributed by atoms with Gasteiger partial charge in [-0.2, -0.15) is 9.13 Å². The average molecular weight is 637 g/mol. The maximum Gasteiger partial charge on any atom is 0.300 e. The number of benzene rings is 5. The highest BCUT2D eigenvalue weighted by Gasteiger charge is 2.32. The Morgan fingerprint density at radius 2 is 1.34 bits per heavy atom. The number of hydrogen-bond donors (Lipinski definition) is 0. The van der Waals surface area contributed by atoms with E-state index in [1.54, 1.807) is 0 Å². The molecule has 2 aliphatic rings. The van der Waals surface area contributed by atoms with Crippen molar-refractivity contribution in [2.45, 2.75) is 0 Å². The first kappa shape index (κ1) is 26.1. The lowest BCUT2D eigenvalue weighted by molar-refractivity contribution is -0.568. The molecular weight excluding hydrogens is 611 g/mol. The maximum absolute atomic E-state index is 4.56. The maximum atomic E-state index is 4.56. The summed E-state index contributed by atoms with van der Waals surface area (Å²) in [7, 11) is 0.